The number of nitrogens with zero attached hydrogens (tertiary/aromatic N) is 2. The van der Waals surface area contributed by atoms with E-state index in [1.54, 1.807) is 48.5 Å². The highest BCUT2D eigenvalue weighted by Crippen LogP contribution is 2.24. The van der Waals surface area contributed by atoms with Crippen molar-refractivity contribution in [2.24, 2.45) is 0 Å². The van der Waals surface area contributed by atoms with E-state index in [0.29, 0.717) is 29.5 Å². The normalized spacial score (nSPS) is 14.5. The Morgan fingerprint density at radius 1 is 0.930 bits per heavy atom. The first-order valence-corrected chi connectivity index (χ1v) is 17.0. The summed E-state index contributed by atoms with van der Waals surface area (Å²) in [7, 11) is -3.84. The molecule has 1 fully saturated rings. The molecule has 1 unspecified atom stereocenters. The van der Waals surface area contributed by atoms with E-state index in [0.717, 1.165) is 53.8 Å². The van der Waals surface area contributed by atoms with E-state index in [4.69, 9.17) is 16.3 Å². The number of anilines is 1. The number of halogens is 1. The number of amides is 2. The molecule has 230 valence electrons. The number of nitrogens with one attached hydrogen (secondary N) is 1. The second-order valence-corrected chi connectivity index (χ2v) is 13.3. The van der Waals surface area contributed by atoms with E-state index in [1.165, 1.54) is 4.90 Å². The van der Waals surface area contributed by atoms with Crippen LogP contribution < -0.4 is 14.4 Å². The molecule has 1 aliphatic carbocycles. The van der Waals surface area contributed by atoms with Crippen molar-refractivity contribution in [3.63, 3.8) is 0 Å². The fourth-order valence-corrected chi connectivity index (χ4v) is 6.29. The van der Waals surface area contributed by atoms with Crippen LogP contribution in [-0.2, 0) is 32.8 Å². The van der Waals surface area contributed by atoms with Crippen LogP contribution in [0, 0.1) is 0 Å². The quantitative estimate of drug-likeness (QED) is 0.254. The van der Waals surface area contributed by atoms with Crippen molar-refractivity contribution >= 4 is 39.1 Å². The van der Waals surface area contributed by atoms with Crippen LogP contribution in [0.4, 0.5) is 5.69 Å². The molecule has 3 aromatic rings. The van der Waals surface area contributed by atoms with Gasteiger partial charge in [0.25, 0.3) is 0 Å². The summed E-state index contributed by atoms with van der Waals surface area (Å²) in [4.78, 5) is 29.0. The maximum atomic E-state index is 14.0. The van der Waals surface area contributed by atoms with Gasteiger partial charge < -0.3 is 15.0 Å². The third-order valence-corrected chi connectivity index (χ3v) is 9.05. The van der Waals surface area contributed by atoms with Gasteiger partial charge in [0.2, 0.25) is 21.8 Å². The Morgan fingerprint density at radius 3 is 2.19 bits per heavy atom. The number of carbonyl (C=O) groups excluding carboxylic acids is 2. The van der Waals surface area contributed by atoms with Gasteiger partial charge in [-0.1, -0.05) is 80.3 Å². The zero-order chi connectivity index (χ0) is 30.8. The minimum absolute atomic E-state index is 0.0814. The number of carbonyl (C=O) groups is 2. The molecule has 8 nitrogen and oxygen atoms in total. The van der Waals surface area contributed by atoms with Crippen LogP contribution in [0.25, 0.3) is 0 Å². The SMILES string of the molecule is CCC(C(=O)NC1CCCCC1)N(Cc1ccc(Cl)cc1)C(=O)CN(c1ccc(OCc2ccccc2)cc1)S(C)(=O)=O. The lowest BCUT2D eigenvalue weighted by atomic mass is 9.95. The molecule has 1 aliphatic rings. The highest BCUT2D eigenvalue weighted by Gasteiger charge is 2.32. The van der Waals surface area contributed by atoms with Crippen molar-refractivity contribution in [2.75, 3.05) is 17.1 Å². The van der Waals surface area contributed by atoms with Crippen LogP contribution in [0.1, 0.15) is 56.6 Å². The molecular formula is C33H40ClN3O5S. The Kier molecular flexibility index (Phi) is 11.5. The molecule has 4 rings (SSSR count). The molecule has 0 aliphatic heterocycles. The van der Waals surface area contributed by atoms with Crippen molar-refractivity contribution < 1.29 is 22.7 Å². The average molecular weight is 626 g/mol. The zero-order valence-electron chi connectivity index (χ0n) is 24.7. The lowest BCUT2D eigenvalue weighted by Crippen LogP contribution is -2.53. The predicted octanol–water partition coefficient (Wildman–Crippen LogP) is 5.94. The van der Waals surface area contributed by atoms with Crippen LogP contribution >= 0.6 is 11.6 Å². The van der Waals surface area contributed by atoms with Crippen molar-refractivity contribution in [1.29, 1.82) is 0 Å². The third-order valence-electron chi connectivity index (χ3n) is 7.66. The minimum Gasteiger partial charge on any atom is -0.489 e. The lowest BCUT2D eigenvalue weighted by molar-refractivity contribution is -0.140. The first kappa shape index (κ1) is 32.4. The third kappa shape index (κ3) is 9.46. The molecule has 0 saturated heterocycles. The molecule has 0 bridgehead atoms. The maximum Gasteiger partial charge on any atom is 0.244 e. The minimum atomic E-state index is -3.84. The molecule has 1 N–H and O–H groups in total. The summed E-state index contributed by atoms with van der Waals surface area (Å²) in [5, 5.41) is 3.70. The van der Waals surface area contributed by atoms with Crippen molar-refractivity contribution in [1.82, 2.24) is 10.2 Å². The van der Waals surface area contributed by atoms with Gasteiger partial charge in [0.05, 0.1) is 11.9 Å². The molecule has 10 heteroatoms. The Labute approximate surface area is 260 Å². The summed E-state index contributed by atoms with van der Waals surface area (Å²) in [5.74, 6) is -0.125. The summed E-state index contributed by atoms with van der Waals surface area (Å²) in [5.41, 5.74) is 2.12. The smallest absolute Gasteiger partial charge is 0.244 e. The Morgan fingerprint density at radius 2 is 1.58 bits per heavy atom. The molecule has 0 spiro atoms. The number of ether oxygens (including phenoxy) is 1. The fourth-order valence-electron chi connectivity index (χ4n) is 5.31. The summed E-state index contributed by atoms with van der Waals surface area (Å²) in [6.45, 7) is 1.91. The largest absolute Gasteiger partial charge is 0.489 e. The Bertz CT molecular complexity index is 1440. The standard InChI is InChI=1S/C33H40ClN3O5S/c1-3-31(33(39)35-28-12-8-5-9-13-28)36(22-25-14-16-27(34)17-15-25)32(38)23-37(43(2,40)41)29-18-20-30(21-19-29)42-24-26-10-6-4-7-11-26/h4,6-7,10-11,14-21,28,31H,3,5,8-9,12-13,22-24H2,1-2H3,(H,35,39). The van der Waals surface area contributed by atoms with Crippen molar-refractivity contribution in [3.05, 3.63) is 95.0 Å². The van der Waals surface area contributed by atoms with Gasteiger partial charge in [-0.05, 0) is 66.8 Å². The predicted molar refractivity (Wildman–Crippen MR) is 171 cm³/mol. The lowest BCUT2D eigenvalue weighted by Gasteiger charge is -2.34. The molecule has 0 heterocycles. The molecule has 1 atom stereocenters. The van der Waals surface area contributed by atoms with Crippen molar-refractivity contribution in [2.45, 2.75) is 70.7 Å². The van der Waals surface area contributed by atoms with Gasteiger partial charge in [-0.3, -0.25) is 13.9 Å². The molecule has 1 saturated carbocycles. The van der Waals surface area contributed by atoms with E-state index >= 15 is 0 Å². The second kappa shape index (κ2) is 15.3. The van der Waals surface area contributed by atoms with E-state index in [9.17, 15) is 18.0 Å². The van der Waals surface area contributed by atoms with Crippen LogP contribution in [0.5, 0.6) is 5.75 Å². The Hall–Kier alpha value is -3.56. The van der Waals surface area contributed by atoms with E-state index in [2.05, 4.69) is 5.32 Å². The van der Waals surface area contributed by atoms with Crippen molar-refractivity contribution in [3.8, 4) is 5.75 Å². The monoisotopic (exact) mass is 625 g/mol. The summed E-state index contributed by atoms with van der Waals surface area (Å²) < 4.78 is 32.8. The number of sulfonamides is 1. The van der Waals surface area contributed by atoms with Gasteiger partial charge in [0.15, 0.2) is 0 Å². The number of hydrogen-bond donors (Lipinski definition) is 1. The molecule has 2 amide bonds. The number of hydrogen-bond acceptors (Lipinski definition) is 5. The molecule has 0 aromatic heterocycles. The van der Waals surface area contributed by atoms with Gasteiger partial charge in [-0.15, -0.1) is 0 Å². The van der Waals surface area contributed by atoms with Crippen LogP contribution in [0.2, 0.25) is 5.02 Å². The van der Waals surface area contributed by atoms with E-state index in [-0.39, 0.29) is 18.5 Å². The van der Waals surface area contributed by atoms with E-state index in [1.807, 2.05) is 37.3 Å². The molecular weight excluding hydrogens is 586 g/mol. The zero-order valence-corrected chi connectivity index (χ0v) is 26.3. The second-order valence-electron chi connectivity index (χ2n) is 11.0. The average Bonchev–Trinajstić information content (AvgIpc) is 3.00. The summed E-state index contributed by atoms with van der Waals surface area (Å²) >= 11 is 6.08. The fraction of sp³-hybridized carbons (Fsp3) is 0.394. The highest BCUT2D eigenvalue weighted by molar-refractivity contribution is 7.92. The first-order valence-electron chi connectivity index (χ1n) is 14.7. The maximum absolute atomic E-state index is 14.0. The van der Waals surface area contributed by atoms with Gasteiger partial charge in [-0.2, -0.15) is 0 Å². The molecule has 3 aromatic carbocycles. The van der Waals surface area contributed by atoms with Gasteiger partial charge in [-0.25, -0.2) is 8.42 Å². The summed E-state index contributed by atoms with van der Waals surface area (Å²) in [6.07, 6.45) is 6.57. The van der Waals surface area contributed by atoms with Crippen LogP contribution in [0.15, 0.2) is 78.9 Å². The Balaban J connectivity index is 1.54. The van der Waals surface area contributed by atoms with Gasteiger partial charge in [0, 0.05) is 17.6 Å². The highest BCUT2D eigenvalue weighted by atomic mass is 35.5. The first-order chi connectivity index (χ1) is 20.6. The van der Waals surface area contributed by atoms with Crippen LogP contribution in [-0.4, -0.2) is 50.0 Å². The van der Waals surface area contributed by atoms with Gasteiger partial charge in [0.1, 0.15) is 24.9 Å². The summed E-state index contributed by atoms with van der Waals surface area (Å²) in [6, 6.07) is 22.7. The number of rotatable bonds is 13. The van der Waals surface area contributed by atoms with E-state index < -0.39 is 28.5 Å². The number of benzene rings is 3. The molecule has 0 radical (unpaired) electrons. The molecule has 43 heavy (non-hydrogen) atoms. The van der Waals surface area contributed by atoms with Gasteiger partial charge >= 0.3 is 0 Å². The topological polar surface area (TPSA) is 96.0 Å². The van der Waals surface area contributed by atoms with Crippen LogP contribution in [0.3, 0.4) is 0 Å².